The Kier molecular flexibility index (Phi) is 3.37. The Hall–Kier alpha value is -1.63. The lowest BCUT2D eigenvalue weighted by atomic mass is 10.2. The second-order valence-electron chi connectivity index (χ2n) is 5.36. The molecule has 3 rings (SSSR count). The Morgan fingerprint density at radius 1 is 1.20 bits per heavy atom. The molecule has 0 atom stereocenters. The van der Waals surface area contributed by atoms with Gasteiger partial charge in [0.05, 0.1) is 5.69 Å². The highest BCUT2D eigenvalue weighted by Gasteiger charge is 2.35. The summed E-state index contributed by atoms with van der Waals surface area (Å²) in [6.45, 7) is 4.25. The third-order valence-electron chi connectivity index (χ3n) is 3.81. The minimum atomic E-state index is -0.0183. The quantitative estimate of drug-likeness (QED) is 0.872. The van der Waals surface area contributed by atoms with Gasteiger partial charge in [-0.25, -0.2) is 4.98 Å². The first-order chi connectivity index (χ1) is 9.56. The van der Waals surface area contributed by atoms with Crippen molar-refractivity contribution in [3.63, 3.8) is 0 Å². The van der Waals surface area contributed by atoms with Crippen molar-refractivity contribution >= 4 is 28.3 Å². The first-order valence-electron chi connectivity index (χ1n) is 6.87. The number of amides is 2. The topological polar surface area (TPSA) is 79.5 Å². The molecule has 1 saturated carbocycles. The monoisotopic (exact) mass is 294 g/mol. The number of nitrogens with zero attached hydrogens (tertiary/aromatic N) is 3. The van der Waals surface area contributed by atoms with Gasteiger partial charge in [-0.2, -0.15) is 0 Å². The number of piperazine rings is 1. The van der Waals surface area contributed by atoms with Crippen molar-refractivity contribution in [3.8, 4) is 0 Å². The van der Waals surface area contributed by atoms with E-state index in [-0.39, 0.29) is 17.7 Å². The number of nitrogen functional groups attached to an aromatic ring is 1. The van der Waals surface area contributed by atoms with Crippen molar-refractivity contribution in [2.45, 2.75) is 19.8 Å². The highest BCUT2D eigenvalue weighted by Crippen LogP contribution is 2.31. The van der Waals surface area contributed by atoms with E-state index in [9.17, 15) is 9.59 Å². The van der Waals surface area contributed by atoms with Crippen LogP contribution >= 0.6 is 11.3 Å². The molecule has 0 aromatic carbocycles. The fourth-order valence-corrected chi connectivity index (χ4v) is 3.28. The minimum absolute atomic E-state index is 0.0183. The van der Waals surface area contributed by atoms with E-state index < -0.39 is 0 Å². The molecule has 2 aliphatic rings. The second-order valence-corrected chi connectivity index (χ2v) is 6.39. The molecular weight excluding hydrogens is 276 g/mol. The highest BCUT2D eigenvalue weighted by atomic mass is 32.1. The number of nitrogens with two attached hydrogens (primary N) is 1. The molecule has 1 aromatic heterocycles. The van der Waals surface area contributed by atoms with Gasteiger partial charge >= 0.3 is 0 Å². The van der Waals surface area contributed by atoms with Gasteiger partial charge in [0.1, 0.15) is 4.88 Å². The molecule has 7 heteroatoms. The van der Waals surface area contributed by atoms with E-state index in [1.807, 2.05) is 4.90 Å². The summed E-state index contributed by atoms with van der Waals surface area (Å²) in [6, 6.07) is 0. The van der Waals surface area contributed by atoms with Gasteiger partial charge in [0, 0.05) is 32.1 Å². The van der Waals surface area contributed by atoms with Gasteiger partial charge in [-0.15, -0.1) is 0 Å². The normalized spacial score (nSPS) is 19.2. The number of aryl methyl sites for hydroxylation is 1. The predicted octanol–water partition coefficient (Wildman–Crippen LogP) is 0.728. The summed E-state index contributed by atoms with van der Waals surface area (Å²) in [6.07, 6.45) is 2.05. The summed E-state index contributed by atoms with van der Waals surface area (Å²) in [5, 5.41) is 0.424. The molecule has 2 amide bonds. The number of thiazole rings is 1. The molecule has 0 unspecified atom stereocenters. The van der Waals surface area contributed by atoms with E-state index in [1.165, 1.54) is 11.3 Å². The molecule has 6 nitrogen and oxygen atoms in total. The van der Waals surface area contributed by atoms with Crippen LogP contribution in [-0.4, -0.2) is 52.8 Å². The van der Waals surface area contributed by atoms with Crippen LogP contribution in [0.2, 0.25) is 0 Å². The maximum absolute atomic E-state index is 12.4. The van der Waals surface area contributed by atoms with E-state index in [4.69, 9.17) is 5.73 Å². The van der Waals surface area contributed by atoms with Gasteiger partial charge < -0.3 is 15.5 Å². The summed E-state index contributed by atoms with van der Waals surface area (Å²) >= 11 is 1.23. The minimum Gasteiger partial charge on any atom is -0.375 e. The Morgan fingerprint density at radius 2 is 1.80 bits per heavy atom. The smallest absolute Gasteiger partial charge is 0.266 e. The number of rotatable bonds is 2. The number of hydrogen-bond acceptors (Lipinski definition) is 5. The van der Waals surface area contributed by atoms with E-state index in [1.54, 1.807) is 11.8 Å². The number of anilines is 1. The second kappa shape index (κ2) is 5.05. The van der Waals surface area contributed by atoms with Crippen LogP contribution in [0.15, 0.2) is 0 Å². The SMILES string of the molecule is Cc1nc(N)sc1C(=O)N1CCN(C(=O)C2CC2)CC1. The molecule has 1 saturated heterocycles. The summed E-state index contributed by atoms with van der Waals surface area (Å²) in [4.78, 5) is 32.7. The lowest BCUT2D eigenvalue weighted by Crippen LogP contribution is -2.51. The van der Waals surface area contributed by atoms with Crippen molar-refractivity contribution in [1.29, 1.82) is 0 Å². The van der Waals surface area contributed by atoms with Crippen LogP contribution in [0.5, 0.6) is 0 Å². The summed E-state index contributed by atoms with van der Waals surface area (Å²) in [5.41, 5.74) is 6.32. The Bertz CT molecular complexity index is 545. The molecule has 2 heterocycles. The highest BCUT2D eigenvalue weighted by molar-refractivity contribution is 7.17. The van der Waals surface area contributed by atoms with Gasteiger partial charge in [0.25, 0.3) is 5.91 Å². The number of carbonyl (C=O) groups is 2. The van der Waals surface area contributed by atoms with Crippen molar-refractivity contribution in [1.82, 2.24) is 14.8 Å². The average Bonchev–Trinajstić information content (AvgIpc) is 3.23. The molecule has 20 heavy (non-hydrogen) atoms. The number of hydrogen-bond donors (Lipinski definition) is 1. The van der Waals surface area contributed by atoms with Crippen molar-refractivity contribution in [2.24, 2.45) is 5.92 Å². The zero-order valence-corrected chi connectivity index (χ0v) is 12.3. The zero-order valence-electron chi connectivity index (χ0n) is 11.5. The van der Waals surface area contributed by atoms with Crippen molar-refractivity contribution in [3.05, 3.63) is 10.6 Å². The van der Waals surface area contributed by atoms with E-state index in [0.717, 1.165) is 12.8 Å². The fraction of sp³-hybridized carbons (Fsp3) is 0.615. The van der Waals surface area contributed by atoms with E-state index in [2.05, 4.69) is 4.98 Å². The fourth-order valence-electron chi connectivity index (χ4n) is 2.48. The maximum Gasteiger partial charge on any atom is 0.266 e. The first-order valence-corrected chi connectivity index (χ1v) is 7.69. The predicted molar refractivity (Wildman–Crippen MR) is 76.5 cm³/mol. The molecule has 0 radical (unpaired) electrons. The third-order valence-corrected chi connectivity index (χ3v) is 4.79. The van der Waals surface area contributed by atoms with Gasteiger partial charge in [-0.1, -0.05) is 11.3 Å². The first kappa shape index (κ1) is 13.4. The maximum atomic E-state index is 12.4. The molecule has 108 valence electrons. The largest absolute Gasteiger partial charge is 0.375 e. The van der Waals surface area contributed by atoms with Crippen molar-refractivity contribution in [2.75, 3.05) is 31.9 Å². The molecule has 2 fully saturated rings. The van der Waals surface area contributed by atoms with Crippen LogP contribution in [0.1, 0.15) is 28.2 Å². The van der Waals surface area contributed by atoms with Gasteiger partial charge in [0.15, 0.2) is 5.13 Å². The number of aromatic nitrogens is 1. The lowest BCUT2D eigenvalue weighted by Gasteiger charge is -2.34. The number of carbonyl (C=O) groups excluding carboxylic acids is 2. The third kappa shape index (κ3) is 2.49. The van der Waals surface area contributed by atoms with E-state index in [0.29, 0.717) is 41.9 Å². The Balaban J connectivity index is 1.61. The molecular formula is C13H18N4O2S. The summed E-state index contributed by atoms with van der Waals surface area (Å²) in [7, 11) is 0. The molecule has 0 bridgehead atoms. The Morgan fingerprint density at radius 3 is 2.30 bits per heavy atom. The van der Waals surface area contributed by atoms with Gasteiger partial charge in [0.2, 0.25) is 5.91 Å². The molecule has 1 aliphatic carbocycles. The summed E-state index contributed by atoms with van der Waals surface area (Å²) in [5.74, 6) is 0.492. The summed E-state index contributed by atoms with van der Waals surface area (Å²) < 4.78 is 0. The van der Waals surface area contributed by atoms with Crippen LogP contribution in [0.4, 0.5) is 5.13 Å². The van der Waals surface area contributed by atoms with E-state index >= 15 is 0 Å². The standard InChI is InChI=1S/C13H18N4O2S/c1-8-10(20-13(14)15-8)12(19)17-6-4-16(5-7-17)11(18)9-2-3-9/h9H,2-7H2,1H3,(H2,14,15). The van der Waals surface area contributed by atoms with Gasteiger partial charge in [-0.3, -0.25) is 9.59 Å². The molecule has 2 N–H and O–H groups in total. The van der Waals surface area contributed by atoms with Crippen LogP contribution < -0.4 is 5.73 Å². The lowest BCUT2D eigenvalue weighted by molar-refractivity contribution is -0.134. The molecule has 1 aliphatic heterocycles. The van der Waals surface area contributed by atoms with Crippen LogP contribution in [0, 0.1) is 12.8 Å². The molecule has 0 spiro atoms. The Labute approximate surface area is 121 Å². The average molecular weight is 294 g/mol. The van der Waals surface area contributed by atoms with Gasteiger partial charge in [-0.05, 0) is 19.8 Å². The zero-order chi connectivity index (χ0) is 14.3. The van der Waals surface area contributed by atoms with Crippen molar-refractivity contribution < 1.29 is 9.59 Å². The van der Waals surface area contributed by atoms with Crippen LogP contribution in [0.3, 0.4) is 0 Å². The van der Waals surface area contributed by atoms with Crippen LogP contribution in [-0.2, 0) is 4.79 Å². The molecule has 1 aromatic rings. The van der Waals surface area contributed by atoms with Crippen LogP contribution in [0.25, 0.3) is 0 Å².